The first-order valence-corrected chi connectivity index (χ1v) is 14.5. The number of benzene rings is 3. The van der Waals surface area contributed by atoms with Gasteiger partial charge in [0.05, 0.1) is 21.6 Å². The summed E-state index contributed by atoms with van der Waals surface area (Å²) in [6.07, 6.45) is 4.35. The van der Waals surface area contributed by atoms with Crippen LogP contribution in [0.15, 0.2) is 99.5 Å². The van der Waals surface area contributed by atoms with Crippen LogP contribution in [0.5, 0.6) is 5.75 Å². The number of thioether (sulfide) groups is 1. The summed E-state index contributed by atoms with van der Waals surface area (Å²) >= 11 is 10.8. The van der Waals surface area contributed by atoms with E-state index in [1.807, 2.05) is 76.4 Å². The molecule has 3 aliphatic heterocycles. The van der Waals surface area contributed by atoms with E-state index in [1.165, 1.54) is 12.1 Å². The average molecular weight is 649 g/mol. The molecule has 4 heterocycles. The van der Waals surface area contributed by atoms with Crippen molar-refractivity contribution < 1.29 is 14.5 Å². The van der Waals surface area contributed by atoms with Crippen LogP contribution >= 0.6 is 39.3 Å². The second kappa shape index (κ2) is 9.79. The summed E-state index contributed by atoms with van der Waals surface area (Å²) in [5, 5.41) is 21.4. The molecule has 9 nitrogen and oxygen atoms in total. The van der Waals surface area contributed by atoms with E-state index in [9.17, 15) is 14.9 Å². The first kappa shape index (κ1) is 25.9. The van der Waals surface area contributed by atoms with Gasteiger partial charge in [-0.05, 0) is 78.0 Å². The number of hydrogen-bond acceptors (Lipinski definition) is 7. The van der Waals surface area contributed by atoms with E-state index in [-0.39, 0.29) is 17.0 Å². The molecule has 2 unspecified atom stereocenters. The van der Waals surface area contributed by atoms with Gasteiger partial charge < -0.3 is 9.30 Å². The maximum atomic E-state index is 13.0. The van der Waals surface area contributed by atoms with Gasteiger partial charge in [0.15, 0.2) is 0 Å². The summed E-state index contributed by atoms with van der Waals surface area (Å²) in [7, 11) is 0. The van der Waals surface area contributed by atoms with Crippen LogP contribution in [0.2, 0.25) is 5.02 Å². The van der Waals surface area contributed by atoms with Gasteiger partial charge in [0.2, 0.25) is 0 Å². The van der Waals surface area contributed by atoms with Gasteiger partial charge in [-0.15, -0.1) is 0 Å². The molecule has 1 N–H and O–H groups in total. The molecule has 3 aromatic carbocycles. The smallest absolute Gasteiger partial charge is 0.314 e. The number of amides is 1. The van der Waals surface area contributed by atoms with E-state index in [2.05, 4.69) is 21.2 Å². The lowest BCUT2D eigenvalue weighted by molar-refractivity contribution is -0.384. The molecule has 2 atom stereocenters. The van der Waals surface area contributed by atoms with Gasteiger partial charge >= 0.3 is 5.85 Å². The number of hydrazone groups is 1. The van der Waals surface area contributed by atoms with Crippen LogP contribution in [-0.4, -0.2) is 31.3 Å². The molecule has 0 bridgehead atoms. The summed E-state index contributed by atoms with van der Waals surface area (Å²) in [5.41, 5.74) is 4.26. The van der Waals surface area contributed by atoms with E-state index >= 15 is 0 Å². The van der Waals surface area contributed by atoms with Gasteiger partial charge in [0.25, 0.3) is 10.9 Å². The van der Waals surface area contributed by atoms with Crippen molar-refractivity contribution in [2.24, 2.45) is 5.10 Å². The van der Waals surface area contributed by atoms with Gasteiger partial charge in [0, 0.05) is 51.2 Å². The zero-order valence-corrected chi connectivity index (χ0v) is 24.2. The minimum Gasteiger partial charge on any atom is -0.444 e. The Morgan fingerprint density at radius 2 is 1.93 bits per heavy atom. The fraction of sp³-hybridized carbons (Fsp3) is 0.103. The summed E-state index contributed by atoms with van der Waals surface area (Å²) < 4.78 is 9.45. The second-order valence-corrected chi connectivity index (χ2v) is 12.0. The van der Waals surface area contributed by atoms with Crippen LogP contribution in [-0.2, 0) is 0 Å². The number of nitro groups is 1. The number of nitro benzene ring substituents is 1. The van der Waals surface area contributed by atoms with Gasteiger partial charge in [-0.2, -0.15) is 5.10 Å². The van der Waals surface area contributed by atoms with Crippen LogP contribution < -0.4 is 10.1 Å². The maximum Gasteiger partial charge on any atom is 0.314 e. The molecule has 4 aromatic rings. The van der Waals surface area contributed by atoms with E-state index in [0.717, 1.165) is 44.5 Å². The van der Waals surface area contributed by atoms with E-state index in [0.29, 0.717) is 22.1 Å². The van der Waals surface area contributed by atoms with Crippen LogP contribution in [0.1, 0.15) is 29.3 Å². The third-order valence-corrected chi connectivity index (χ3v) is 8.85. The largest absolute Gasteiger partial charge is 0.444 e. The molecule has 1 spiro atoms. The van der Waals surface area contributed by atoms with Crippen molar-refractivity contribution in [2.45, 2.75) is 18.3 Å². The number of fused-ring (bicyclic) bond motifs is 4. The highest BCUT2D eigenvalue weighted by Crippen LogP contribution is 2.53. The van der Waals surface area contributed by atoms with Gasteiger partial charge in [-0.1, -0.05) is 39.7 Å². The number of non-ortho nitro benzene ring substituents is 1. The fourth-order valence-electron chi connectivity index (χ4n) is 5.32. The first-order chi connectivity index (χ1) is 19.8. The molecule has 12 heteroatoms. The maximum absolute atomic E-state index is 13.0. The summed E-state index contributed by atoms with van der Waals surface area (Å²) in [5.74, 6) is -0.715. The zero-order chi connectivity index (χ0) is 28.3. The summed E-state index contributed by atoms with van der Waals surface area (Å²) in [6, 6.07) is 23.2. The number of carbonyl (C=O) groups excluding carboxylic acids is 1. The Kier molecular flexibility index (Phi) is 6.18. The third kappa shape index (κ3) is 4.41. The molecule has 0 radical (unpaired) electrons. The predicted molar refractivity (Wildman–Crippen MR) is 161 cm³/mol. The van der Waals surface area contributed by atoms with Gasteiger partial charge in [-0.3, -0.25) is 20.2 Å². The Hall–Kier alpha value is -4.06. The van der Waals surface area contributed by atoms with Crippen molar-refractivity contribution in [1.82, 2.24) is 14.9 Å². The Balaban J connectivity index is 1.35. The number of aromatic nitrogens is 1. The van der Waals surface area contributed by atoms with E-state index < -0.39 is 10.8 Å². The highest BCUT2D eigenvalue weighted by atomic mass is 79.9. The standard InChI is InChI=1S/C29H19BrClN5O4S/c30-18-5-12-26-23(14-18)25-16-24(17-3-6-19(31)7-4-17)33-35(25)29(40-26)27(41-28(37)32-29)15-22-2-1-13-34(22)20-8-10-21(11-9-20)36(38)39/h1-15,25H,16H2,(H,32,37)/b27-15-. The van der Waals surface area contributed by atoms with Crippen LogP contribution in [0, 0.1) is 10.1 Å². The molecule has 3 aliphatic rings. The Bertz CT molecular complexity index is 1790. The SMILES string of the molecule is O=C1NC2(Oc3ccc(Br)cc3C3CC(c4ccc(Cl)cc4)=NN32)/C(=C/c2cccn2-c2ccc([N+](=O)[O-])cc2)S1. The number of ether oxygens (including phenoxy) is 1. The van der Waals surface area contributed by atoms with Crippen molar-refractivity contribution in [3.63, 3.8) is 0 Å². The third-order valence-electron chi connectivity index (χ3n) is 7.21. The first-order valence-electron chi connectivity index (χ1n) is 12.6. The number of halogens is 2. The van der Waals surface area contributed by atoms with Crippen molar-refractivity contribution >= 4 is 62.0 Å². The molecule has 1 aromatic heterocycles. The van der Waals surface area contributed by atoms with Crippen LogP contribution in [0.25, 0.3) is 11.8 Å². The molecule has 1 amide bonds. The fourth-order valence-corrected chi connectivity index (χ4v) is 6.72. The highest BCUT2D eigenvalue weighted by Gasteiger charge is 2.58. The van der Waals surface area contributed by atoms with Gasteiger partial charge in [0.1, 0.15) is 5.75 Å². The Labute approximate surface area is 251 Å². The quantitative estimate of drug-likeness (QED) is 0.182. The average Bonchev–Trinajstić information content (AvgIpc) is 3.68. The monoisotopic (exact) mass is 647 g/mol. The molecule has 1 saturated heterocycles. The normalized spacial score (nSPS) is 21.9. The number of nitrogens with zero attached hydrogens (tertiary/aromatic N) is 4. The van der Waals surface area contributed by atoms with Crippen molar-refractivity contribution in [2.75, 3.05) is 0 Å². The molecule has 0 aliphatic carbocycles. The lowest BCUT2D eigenvalue weighted by Crippen LogP contribution is -2.61. The molecular formula is C29H19BrClN5O4S. The molecule has 1 fully saturated rings. The van der Waals surface area contributed by atoms with Gasteiger partial charge in [-0.25, -0.2) is 5.01 Å². The number of hydrogen-bond donors (Lipinski definition) is 1. The zero-order valence-electron chi connectivity index (χ0n) is 21.0. The van der Waals surface area contributed by atoms with Crippen molar-refractivity contribution in [3.8, 4) is 11.4 Å². The molecule has 204 valence electrons. The summed E-state index contributed by atoms with van der Waals surface area (Å²) in [6.45, 7) is 0. The highest BCUT2D eigenvalue weighted by molar-refractivity contribution is 9.10. The Morgan fingerprint density at radius 1 is 1.15 bits per heavy atom. The van der Waals surface area contributed by atoms with Crippen molar-refractivity contribution in [1.29, 1.82) is 0 Å². The number of carbonyl (C=O) groups is 1. The van der Waals surface area contributed by atoms with Crippen LogP contribution in [0.4, 0.5) is 10.5 Å². The molecule has 41 heavy (non-hydrogen) atoms. The number of rotatable bonds is 4. The topological polar surface area (TPSA) is 102 Å². The molecular weight excluding hydrogens is 630 g/mol. The van der Waals surface area contributed by atoms with Crippen molar-refractivity contribution in [3.05, 3.63) is 126 Å². The number of nitrogens with one attached hydrogen (secondary N) is 1. The molecule has 0 saturated carbocycles. The second-order valence-electron chi connectivity index (χ2n) is 9.65. The van der Waals surface area contributed by atoms with E-state index in [1.54, 1.807) is 12.1 Å². The minimum absolute atomic E-state index is 0.0104. The minimum atomic E-state index is -1.37. The molecule has 7 rings (SSSR count). The predicted octanol–water partition coefficient (Wildman–Crippen LogP) is 7.50. The van der Waals surface area contributed by atoms with Crippen LogP contribution in [0.3, 0.4) is 0 Å². The lowest BCUT2D eigenvalue weighted by atomic mass is 9.96. The lowest BCUT2D eigenvalue weighted by Gasteiger charge is -2.45. The Morgan fingerprint density at radius 3 is 2.68 bits per heavy atom. The van der Waals surface area contributed by atoms with E-state index in [4.69, 9.17) is 21.4 Å². The summed E-state index contributed by atoms with van der Waals surface area (Å²) in [4.78, 5) is 24.3.